The molecule has 7 nitrogen and oxygen atoms in total. The zero-order valence-electron chi connectivity index (χ0n) is 23.7. The number of rotatable bonds is 6. The first-order chi connectivity index (χ1) is 19.8. The van der Waals surface area contributed by atoms with Crippen LogP contribution in [0.15, 0.2) is 54.9 Å². The zero-order chi connectivity index (χ0) is 28.4. The molecule has 212 valence electrons. The van der Waals surface area contributed by atoms with Gasteiger partial charge >= 0.3 is 0 Å². The molecule has 1 saturated heterocycles. The van der Waals surface area contributed by atoms with Crippen molar-refractivity contribution >= 4 is 39.3 Å². The molecule has 41 heavy (non-hydrogen) atoms. The Hall–Kier alpha value is -3.71. The highest BCUT2D eigenvalue weighted by molar-refractivity contribution is 6.30. The number of nitrogens with one attached hydrogen (secondary N) is 2. The number of nitrogens with zero attached hydrogens (tertiary/aromatic N) is 2. The van der Waals surface area contributed by atoms with Crippen LogP contribution in [-0.2, 0) is 16.1 Å². The predicted octanol–water partition coefficient (Wildman–Crippen LogP) is 7.10. The summed E-state index contributed by atoms with van der Waals surface area (Å²) in [6.07, 6.45) is 4.25. The number of hydrogen-bond acceptors (Lipinski definition) is 5. The van der Waals surface area contributed by atoms with Gasteiger partial charge < -0.3 is 24.7 Å². The summed E-state index contributed by atoms with van der Waals surface area (Å²) in [5.41, 5.74) is 5.17. The Morgan fingerprint density at radius 3 is 2.85 bits per heavy atom. The molecule has 1 saturated carbocycles. The molecule has 0 bridgehead atoms. The molecule has 7 rings (SSSR count). The Labute approximate surface area is 244 Å². The minimum Gasteiger partial charge on any atom is -0.488 e. The van der Waals surface area contributed by atoms with Crippen LogP contribution in [-0.4, -0.2) is 40.0 Å². The summed E-state index contributed by atoms with van der Waals surface area (Å²) in [5, 5.41) is 6.07. The molecular formula is C33H35ClN4O3. The number of H-pyrrole nitrogens is 1. The smallest absolute Gasteiger partial charge is 0.246 e. The van der Waals surface area contributed by atoms with Crippen LogP contribution in [0.4, 0.5) is 0 Å². The molecule has 2 fully saturated rings. The van der Waals surface area contributed by atoms with E-state index in [0.29, 0.717) is 23.4 Å². The van der Waals surface area contributed by atoms with Crippen LogP contribution in [0.25, 0.3) is 32.9 Å². The van der Waals surface area contributed by atoms with Gasteiger partial charge in [0.2, 0.25) is 5.91 Å². The maximum Gasteiger partial charge on any atom is 0.246 e. The van der Waals surface area contributed by atoms with Gasteiger partial charge in [0.1, 0.15) is 24.2 Å². The Morgan fingerprint density at radius 1 is 1.20 bits per heavy atom. The van der Waals surface area contributed by atoms with Crippen molar-refractivity contribution < 1.29 is 14.3 Å². The normalized spacial score (nSPS) is 21.9. The van der Waals surface area contributed by atoms with Crippen LogP contribution in [0.5, 0.6) is 5.75 Å². The van der Waals surface area contributed by atoms with Gasteiger partial charge in [-0.1, -0.05) is 44.0 Å². The molecule has 3 aliphatic rings. The number of carbonyl (C=O) groups is 1. The Kier molecular flexibility index (Phi) is 6.38. The number of aromatic amines is 1. The van der Waals surface area contributed by atoms with Crippen molar-refractivity contribution in [1.29, 1.82) is 0 Å². The van der Waals surface area contributed by atoms with E-state index in [9.17, 15) is 4.79 Å². The molecule has 1 unspecified atom stereocenters. The molecule has 4 aromatic rings. The molecular weight excluding hydrogens is 536 g/mol. The van der Waals surface area contributed by atoms with Crippen molar-refractivity contribution in [3.63, 3.8) is 0 Å². The summed E-state index contributed by atoms with van der Waals surface area (Å²) in [4.78, 5) is 25.1. The molecule has 2 N–H and O–H groups in total. The number of imidazole rings is 1. The Morgan fingerprint density at radius 2 is 2.05 bits per heavy atom. The van der Waals surface area contributed by atoms with Gasteiger partial charge in [-0.2, -0.15) is 0 Å². The number of carbonyl (C=O) groups excluding carboxylic acids is 1. The number of fused-ring (bicyclic) bond motifs is 7. The van der Waals surface area contributed by atoms with Crippen molar-refractivity contribution in [2.75, 3.05) is 7.11 Å². The lowest BCUT2D eigenvalue weighted by Crippen LogP contribution is -2.51. The second-order valence-electron chi connectivity index (χ2n) is 12.0. The average Bonchev–Trinajstić information content (AvgIpc) is 3.68. The van der Waals surface area contributed by atoms with Gasteiger partial charge in [0.15, 0.2) is 5.88 Å². The van der Waals surface area contributed by atoms with Crippen LogP contribution < -0.4 is 10.1 Å². The molecule has 0 spiro atoms. The van der Waals surface area contributed by atoms with Gasteiger partial charge in [-0.15, -0.1) is 0 Å². The number of halogens is 1. The maximum atomic E-state index is 14.2. The van der Waals surface area contributed by atoms with Gasteiger partial charge in [-0.3, -0.25) is 4.79 Å². The van der Waals surface area contributed by atoms with Crippen molar-refractivity contribution in [2.45, 2.75) is 64.3 Å². The molecule has 2 aliphatic heterocycles. The summed E-state index contributed by atoms with van der Waals surface area (Å²) in [6.45, 7) is 8.51. The SMILES string of the molecule is C=C(N[C@H](C(=O)N1C(c2nc3c(ccc4cc5c(cc43)OCc3cc(Cl)ccc3-5)[nH]2)C[C@@H]2CCC[C@@H]21)C(C)C)OC. The molecule has 1 aliphatic carbocycles. The lowest BCUT2D eigenvalue weighted by molar-refractivity contribution is -0.138. The fourth-order valence-corrected chi connectivity index (χ4v) is 7.38. The number of ether oxygens (including phenoxy) is 2. The third-order valence-electron chi connectivity index (χ3n) is 9.23. The average molecular weight is 571 g/mol. The van der Waals surface area contributed by atoms with E-state index < -0.39 is 6.04 Å². The molecule has 1 amide bonds. The number of likely N-dealkylation sites (tertiary alicyclic amines) is 1. The summed E-state index contributed by atoms with van der Waals surface area (Å²) in [7, 11) is 1.57. The Bertz CT molecular complexity index is 1700. The second kappa shape index (κ2) is 9.98. The van der Waals surface area contributed by atoms with Crippen molar-refractivity contribution in [2.24, 2.45) is 11.8 Å². The first kappa shape index (κ1) is 26.2. The van der Waals surface area contributed by atoms with E-state index in [-0.39, 0.29) is 23.9 Å². The van der Waals surface area contributed by atoms with E-state index in [2.05, 4.69) is 66.0 Å². The molecule has 0 radical (unpaired) electrons. The first-order valence-corrected chi connectivity index (χ1v) is 14.9. The summed E-state index contributed by atoms with van der Waals surface area (Å²) >= 11 is 6.24. The molecule has 3 heterocycles. The number of benzene rings is 3. The molecule has 8 heteroatoms. The van der Waals surface area contributed by atoms with Crippen molar-refractivity contribution in [3.8, 4) is 16.9 Å². The predicted molar refractivity (Wildman–Crippen MR) is 162 cm³/mol. The highest BCUT2D eigenvalue weighted by Gasteiger charge is 2.49. The van der Waals surface area contributed by atoms with Crippen LogP contribution in [0.1, 0.15) is 57.0 Å². The van der Waals surface area contributed by atoms with Crippen LogP contribution in [0.3, 0.4) is 0 Å². The monoisotopic (exact) mass is 570 g/mol. The minimum absolute atomic E-state index is 0.0717. The summed E-state index contributed by atoms with van der Waals surface area (Å²) in [5.74, 6) is 2.75. The van der Waals surface area contributed by atoms with Gasteiger partial charge in [0.25, 0.3) is 0 Å². The highest BCUT2D eigenvalue weighted by atomic mass is 35.5. The third kappa shape index (κ3) is 4.33. The largest absolute Gasteiger partial charge is 0.488 e. The molecule has 4 atom stereocenters. The van der Waals surface area contributed by atoms with E-state index in [1.54, 1.807) is 7.11 Å². The highest BCUT2D eigenvalue weighted by Crippen LogP contribution is 2.48. The van der Waals surface area contributed by atoms with Gasteiger partial charge in [-0.05, 0) is 84.5 Å². The fourth-order valence-electron chi connectivity index (χ4n) is 7.19. The first-order valence-electron chi connectivity index (χ1n) is 14.5. The standard InChI is InChI=1S/C33H35ClN4O3/c1-17(2)30(35-18(3)40-4)33(39)38-27-7-5-6-20(27)14-28(38)32-36-26-11-8-19-13-25-23-10-9-22(34)12-21(23)16-41-29(25)15-24(19)31(26)37-32/h8-13,15,17,20,27-28,30,35H,3,5-7,14,16H2,1-2,4H3,(H,36,37)/t20-,27-,28?,30-/m0/s1. The fraction of sp³-hybridized carbons (Fsp3) is 0.394. The van der Waals surface area contributed by atoms with Crippen molar-refractivity contribution in [1.82, 2.24) is 20.2 Å². The number of aromatic nitrogens is 2. The number of methoxy groups -OCH3 is 1. The minimum atomic E-state index is -0.420. The molecule has 1 aromatic heterocycles. The quantitative estimate of drug-likeness (QED) is 0.242. The molecule has 3 aromatic carbocycles. The summed E-state index contributed by atoms with van der Waals surface area (Å²) in [6, 6.07) is 14.2. The third-order valence-corrected chi connectivity index (χ3v) is 9.47. The zero-order valence-corrected chi connectivity index (χ0v) is 24.4. The topological polar surface area (TPSA) is 79.5 Å². The lowest BCUT2D eigenvalue weighted by atomic mass is 9.94. The van der Waals surface area contributed by atoms with E-state index in [1.165, 1.54) is 0 Å². The van der Waals surface area contributed by atoms with Gasteiger partial charge in [0, 0.05) is 22.0 Å². The van der Waals surface area contributed by atoms with E-state index in [4.69, 9.17) is 26.1 Å². The number of hydrogen-bond donors (Lipinski definition) is 2. The Balaban J connectivity index is 1.29. The van der Waals surface area contributed by atoms with E-state index in [1.807, 2.05) is 12.1 Å². The van der Waals surface area contributed by atoms with Crippen LogP contribution in [0, 0.1) is 11.8 Å². The van der Waals surface area contributed by atoms with Gasteiger partial charge in [-0.25, -0.2) is 4.98 Å². The van der Waals surface area contributed by atoms with Gasteiger partial charge in [0.05, 0.1) is 24.2 Å². The second-order valence-corrected chi connectivity index (χ2v) is 12.4. The van der Waals surface area contributed by atoms with Crippen molar-refractivity contribution in [3.05, 3.63) is 71.3 Å². The van der Waals surface area contributed by atoms with E-state index >= 15 is 0 Å². The van der Waals surface area contributed by atoms with Crippen LogP contribution in [0.2, 0.25) is 5.02 Å². The number of amides is 1. The maximum absolute atomic E-state index is 14.2. The lowest BCUT2D eigenvalue weighted by Gasteiger charge is -2.34. The summed E-state index contributed by atoms with van der Waals surface area (Å²) < 4.78 is 11.5. The van der Waals surface area contributed by atoms with E-state index in [0.717, 1.165) is 75.8 Å². The van der Waals surface area contributed by atoms with Crippen LogP contribution >= 0.6 is 11.6 Å².